The van der Waals surface area contributed by atoms with Crippen LogP contribution in [0.4, 0.5) is 0 Å². The van der Waals surface area contributed by atoms with Crippen molar-refractivity contribution >= 4 is 5.91 Å². The van der Waals surface area contributed by atoms with Crippen LogP contribution in [0.1, 0.15) is 10.5 Å². The summed E-state index contributed by atoms with van der Waals surface area (Å²) in [6.45, 7) is 0.717. The quantitative estimate of drug-likeness (QED) is 0.351. The van der Waals surface area contributed by atoms with E-state index in [1.165, 1.54) is 26.5 Å². The molecule has 10 heteroatoms. The maximum atomic E-state index is 11.5. The lowest BCUT2D eigenvalue weighted by atomic mass is 10.4. The summed E-state index contributed by atoms with van der Waals surface area (Å²) in [5, 5.41) is 11.3. The van der Waals surface area contributed by atoms with Gasteiger partial charge < -0.3 is 0 Å². The van der Waals surface area contributed by atoms with E-state index in [0.717, 1.165) is 0 Å². The first-order valence-electron chi connectivity index (χ1n) is 5.11. The maximum Gasteiger partial charge on any atom is 0.345 e. The molecule has 2 rings (SSSR count). The van der Waals surface area contributed by atoms with E-state index in [0.29, 0.717) is 13.1 Å². The summed E-state index contributed by atoms with van der Waals surface area (Å²) >= 11 is 0. The van der Waals surface area contributed by atoms with E-state index >= 15 is 0 Å². The van der Waals surface area contributed by atoms with Gasteiger partial charge in [-0.15, -0.1) is 5.10 Å². The molecule has 96 valence electrons. The molecular formula is C8H12N8O2. The largest absolute Gasteiger partial charge is 0.345 e. The second kappa shape index (κ2) is 4.79. The third kappa shape index (κ3) is 2.27. The molecule has 2 aromatic heterocycles. The number of nitrogens with zero attached hydrogens (tertiary/aromatic N) is 6. The summed E-state index contributed by atoms with van der Waals surface area (Å²) in [6.07, 6.45) is 2.87. The molecule has 0 atom stereocenters. The Morgan fingerprint density at radius 3 is 2.89 bits per heavy atom. The number of carbonyl (C=O) groups excluding carboxylic acids is 1. The van der Waals surface area contributed by atoms with E-state index < -0.39 is 5.91 Å². The van der Waals surface area contributed by atoms with E-state index in [1.807, 2.05) is 5.43 Å². The third-order valence-electron chi connectivity index (χ3n) is 2.33. The molecule has 0 spiro atoms. The molecule has 2 heterocycles. The topological polar surface area (TPSA) is 126 Å². The van der Waals surface area contributed by atoms with Crippen LogP contribution in [-0.4, -0.2) is 35.2 Å². The number of nitrogens with two attached hydrogens (primary N) is 1. The Morgan fingerprint density at radius 1 is 1.50 bits per heavy atom. The van der Waals surface area contributed by atoms with Gasteiger partial charge in [-0.05, 0) is 0 Å². The first-order chi connectivity index (χ1) is 8.61. The molecule has 0 bridgehead atoms. The predicted octanol–water partition coefficient (Wildman–Crippen LogP) is -2.52. The van der Waals surface area contributed by atoms with Gasteiger partial charge in [-0.1, -0.05) is 5.21 Å². The Labute approximate surface area is 101 Å². The van der Waals surface area contributed by atoms with Crippen LogP contribution >= 0.6 is 0 Å². The van der Waals surface area contributed by atoms with Crippen molar-refractivity contribution in [2.45, 2.75) is 13.1 Å². The minimum Gasteiger partial charge on any atom is -0.289 e. The Bertz CT molecular complexity index is 609. The van der Waals surface area contributed by atoms with Crippen molar-refractivity contribution in [3.8, 4) is 0 Å². The van der Waals surface area contributed by atoms with Crippen LogP contribution in [0.2, 0.25) is 0 Å². The molecule has 0 radical (unpaired) electrons. The van der Waals surface area contributed by atoms with Crippen LogP contribution in [0, 0.1) is 0 Å². The van der Waals surface area contributed by atoms with Crippen molar-refractivity contribution in [3.63, 3.8) is 0 Å². The summed E-state index contributed by atoms with van der Waals surface area (Å²) in [5.74, 6) is 4.45. The lowest BCUT2D eigenvalue weighted by Gasteiger charge is -1.99. The Morgan fingerprint density at radius 2 is 2.28 bits per heavy atom. The van der Waals surface area contributed by atoms with E-state index in [2.05, 4.69) is 15.4 Å². The highest BCUT2D eigenvalue weighted by Gasteiger charge is 2.09. The van der Waals surface area contributed by atoms with E-state index in [1.54, 1.807) is 7.05 Å². The second-order valence-corrected chi connectivity index (χ2v) is 3.59. The molecule has 0 aromatic carbocycles. The molecule has 1 amide bonds. The van der Waals surface area contributed by atoms with Crippen LogP contribution in [0.3, 0.4) is 0 Å². The number of hydrogen-bond acceptors (Lipinski definition) is 6. The zero-order valence-electron chi connectivity index (χ0n) is 9.65. The van der Waals surface area contributed by atoms with Crippen molar-refractivity contribution < 1.29 is 4.79 Å². The third-order valence-corrected chi connectivity index (χ3v) is 2.33. The zero-order valence-corrected chi connectivity index (χ0v) is 9.65. The molecule has 0 saturated heterocycles. The first-order valence-corrected chi connectivity index (χ1v) is 5.11. The smallest absolute Gasteiger partial charge is 0.289 e. The van der Waals surface area contributed by atoms with Crippen LogP contribution in [0.15, 0.2) is 17.3 Å². The van der Waals surface area contributed by atoms with E-state index in [-0.39, 0.29) is 11.4 Å². The molecule has 2 aromatic rings. The molecule has 0 aliphatic carbocycles. The van der Waals surface area contributed by atoms with Crippen molar-refractivity contribution in [2.75, 3.05) is 0 Å². The molecule has 3 N–H and O–H groups in total. The predicted molar refractivity (Wildman–Crippen MR) is 59.1 cm³/mol. The lowest BCUT2D eigenvalue weighted by molar-refractivity contribution is 0.0948. The van der Waals surface area contributed by atoms with Gasteiger partial charge in [0, 0.05) is 7.05 Å². The Kier molecular flexibility index (Phi) is 3.19. The monoisotopic (exact) mass is 252 g/mol. The molecule has 10 nitrogen and oxygen atoms in total. The molecule has 0 unspecified atom stereocenters. The number of nitrogens with one attached hydrogen (secondary N) is 1. The summed E-state index contributed by atoms with van der Waals surface area (Å²) in [4.78, 5) is 22.6. The van der Waals surface area contributed by atoms with Gasteiger partial charge in [0.1, 0.15) is 6.33 Å². The van der Waals surface area contributed by atoms with Crippen LogP contribution in [0.25, 0.3) is 0 Å². The molecular weight excluding hydrogens is 240 g/mol. The first kappa shape index (κ1) is 12.0. The fourth-order valence-electron chi connectivity index (χ4n) is 1.36. The van der Waals surface area contributed by atoms with Crippen molar-refractivity contribution in [1.82, 2.24) is 34.8 Å². The lowest BCUT2D eigenvalue weighted by Crippen LogP contribution is -2.30. The average Bonchev–Trinajstić information content (AvgIpc) is 2.96. The van der Waals surface area contributed by atoms with Gasteiger partial charge in [0.2, 0.25) is 0 Å². The minimum atomic E-state index is -0.517. The Hall–Kier alpha value is -2.49. The van der Waals surface area contributed by atoms with Gasteiger partial charge >= 0.3 is 5.69 Å². The van der Waals surface area contributed by atoms with Crippen LogP contribution in [-0.2, 0) is 20.1 Å². The molecule has 0 saturated carbocycles. The van der Waals surface area contributed by atoms with Crippen molar-refractivity contribution in [1.29, 1.82) is 0 Å². The fraction of sp³-hybridized carbons (Fsp3) is 0.375. The van der Waals surface area contributed by atoms with Gasteiger partial charge in [-0.2, -0.15) is 5.10 Å². The number of rotatable bonds is 4. The summed E-state index contributed by atoms with van der Waals surface area (Å²) in [5.41, 5.74) is 1.86. The molecule has 0 aliphatic rings. The second-order valence-electron chi connectivity index (χ2n) is 3.59. The summed E-state index contributed by atoms with van der Waals surface area (Å²) in [6, 6.07) is 0. The Balaban J connectivity index is 2.03. The molecule has 0 fully saturated rings. The van der Waals surface area contributed by atoms with Gasteiger partial charge in [-0.3, -0.25) is 14.8 Å². The normalized spacial score (nSPS) is 10.6. The minimum absolute atomic E-state index is 0.117. The molecule has 18 heavy (non-hydrogen) atoms. The number of nitrogen functional groups attached to an aromatic ring is 1. The van der Waals surface area contributed by atoms with Gasteiger partial charge in [0.25, 0.3) is 5.91 Å². The molecule has 0 aliphatic heterocycles. The van der Waals surface area contributed by atoms with Crippen molar-refractivity contribution in [2.24, 2.45) is 12.9 Å². The zero-order chi connectivity index (χ0) is 13.1. The van der Waals surface area contributed by atoms with Gasteiger partial charge in [0.15, 0.2) is 5.69 Å². The van der Waals surface area contributed by atoms with E-state index in [4.69, 9.17) is 5.84 Å². The summed E-state index contributed by atoms with van der Waals surface area (Å²) < 4.78 is 4.10. The number of amides is 1. The number of carbonyl (C=O) groups is 1. The highest BCUT2D eigenvalue weighted by atomic mass is 16.2. The maximum absolute atomic E-state index is 11.5. The number of aromatic nitrogens is 6. The number of hydrogen-bond donors (Lipinski definition) is 2. The van der Waals surface area contributed by atoms with E-state index in [9.17, 15) is 9.59 Å². The van der Waals surface area contributed by atoms with Gasteiger partial charge in [-0.25, -0.2) is 20.0 Å². The highest BCUT2D eigenvalue weighted by Crippen LogP contribution is 1.93. The van der Waals surface area contributed by atoms with Crippen molar-refractivity contribution in [3.05, 3.63) is 28.7 Å². The number of aryl methyl sites for hydroxylation is 3. The average molecular weight is 252 g/mol. The van der Waals surface area contributed by atoms with Crippen LogP contribution in [0.5, 0.6) is 0 Å². The number of hydrazine groups is 1. The van der Waals surface area contributed by atoms with Crippen LogP contribution < -0.4 is 17.0 Å². The SMILES string of the molecule is Cn1cnn(CCn2cc(C(=O)NN)nn2)c1=O. The standard InChI is InChI=1S/C8H12N8O2/c1-14-5-10-16(8(14)18)3-2-15-4-6(12-13-15)7(17)11-9/h4-5H,2-3,9H2,1H3,(H,11,17). The fourth-order valence-corrected chi connectivity index (χ4v) is 1.36. The summed E-state index contributed by atoms with van der Waals surface area (Å²) in [7, 11) is 1.62. The highest BCUT2D eigenvalue weighted by molar-refractivity contribution is 5.91. The van der Waals surface area contributed by atoms with Gasteiger partial charge in [0.05, 0.1) is 19.3 Å².